The van der Waals surface area contributed by atoms with Gasteiger partial charge in [-0.25, -0.2) is 8.42 Å². The highest BCUT2D eigenvalue weighted by molar-refractivity contribution is 8.00. The number of thiophene rings is 1. The van der Waals surface area contributed by atoms with Gasteiger partial charge in [0.15, 0.2) is 15.0 Å². The minimum absolute atomic E-state index is 0.224. The van der Waals surface area contributed by atoms with Crippen molar-refractivity contribution in [1.82, 2.24) is 14.8 Å². The fourth-order valence-corrected chi connectivity index (χ4v) is 6.22. The van der Waals surface area contributed by atoms with Crippen LogP contribution in [-0.4, -0.2) is 34.3 Å². The smallest absolute Gasteiger partial charge is 0.238 e. The summed E-state index contributed by atoms with van der Waals surface area (Å²) in [6.45, 7) is 7.82. The van der Waals surface area contributed by atoms with Crippen molar-refractivity contribution in [3.05, 3.63) is 52.2 Å². The highest BCUT2D eigenvalue weighted by Crippen LogP contribution is 2.33. The Morgan fingerprint density at radius 2 is 1.97 bits per heavy atom. The summed E-state index contributed by atoms with van der Waals surface area (Å²) in [6, 6.07) is 10.3. The monoisotopic (exact) mass is 489 g/mol. The Balaban J connectivity index is 1.75. The van der Waals surface area contributed by atoms with Gasteiger partial charge < -0.3 is 9.88 Å². The Bertz CT molecular complexity index is 1270. The van der Waals surface area contributed by atoms with Crippen molar-refractivity contribution >= 4 is 43.8 Å². The van der Waals surface area contributed by atoms with Crippen LogP contribution in [0.1, 0.15) is 35.7 Å². The molecular weight excluding hydrogens is 466 g/mol. The fraction of sp³-hybridized carbons (Fsp3) is 0.333. The number of aryl methyl sites for hydroxylation is 1. The first-order valence-corrected chi connectivity index (χ1v) is 13.2. The van der Waals surface area contributed by atoms with Gasteiger partial charge in [0.25, 0.3) is 0 Å². The number of nitrogens with one attached hydrogen (secondary N) is 1. The van der Waals surface area contributed by atoms with Gasteiger partial charge in [-0.05, 0) is 45.4 Å². The van der Waals surface area contributed by atoms with Crippen LogP contribution in [0.5, 0.6) is 0 Å². The minimum atomic E-state index is -3.57. The van der Waals surface area contributed by atoms with Gasteiger partial charge in [-0.1, -0.05) is 30.0 Å². The molecule has 1 unspecified atom stereocenters. The number of benzene rings is 1. The summed E-state index contributed by atoms with van der Waals surface area (Å²) >= 11 is 2.56. The zero-order chi connectivity index (χ0) is 23.5. The summed E-state index contributed by atoms with van der Waals surface area (Å²) < 4.78 is 27.2. The van der Waals surface area contributed by atoms with Crippen LogP contribution in [0.15, 0.2) is 40.4 Å². The molecule has 8 nitrogen and oxygen atoms in total. The lowest BCUT2D eigenvalue weighted by Crippen LogP contribution is -2.23. The van der Waals surface area contributed by atoms with Crippen LogP contribution in [0.4, 0.5) is 5.00 Å². The Hall–Kier alpha value is -2.68. The third-order valence-corrected chi connectivity index (χ3v) is 8.75. The van der Waals surface area contributed by atoms with Crippen LogP contribution in [0.2, 0.25) is 0 Å². The van der Waals surface area contributed by atoms with Gasteiger partial charge >= 0.3 is 0 Å². The van der Waals surface area contributed by atoms with Crippen molar-refractivity contribution in [2.24, 2.45) is 0 Å². The molecule has 11 heteroatoms. The number of thioether (sulfide) groups is 1. The molecule has 0 fully saturated rings. The topological polar surface area (TPSA) is 118 Å². The van der Waals surface area contributed by atoms with Gasteiger partial charge in [-0.2, -0.15) is 5.26 Å². The van der Waals surface area contributed by atoms with Crippen molar-refractivity contribution in [1.29, 1.82) is 5.26 Å². The number of amides is 1. The molecule has 1 N–H and O–H groups in total. The van der Waals surface area contributed by atoms with E-state index in [1.165, 1.54) is 23.1 Å². The third-order valence-electron chi connectivity index (χ3n) is 4.92. The molecule has 32 heavy (non-hydrogen) atoms. The molecule has 0 saturated heterocycles. The zero-order valence-electron chi connectivity index (χ0n) is 18.1. The van der Waals surface area contributed by atoms with Crippen LogP contribution >= 0.6 is 23.1 Å². The number of aromatic nitrogens is 3. The Morgan fingerprint density at radius 1 is 1.28 bits per heavy atom. The Kier molecular flexibility index (Phi) is 7.38. The number of rotatable bonds is 8. The average molecular weight is 490 g/mol. The third kappa shape index (κ3) is 5.03. The molecule has 0 aliphatic heterocycles. The second-order valence-electron chi connectivity index (χ2n) is 7.06. The molecule has 0 spiro atoms. The van der Waals surface area contributed by atoms with E-state index in [9.17, 15) is 18.5 Å². The van der Waals surface area contributed by atoms with Crippen LogP contribution in [0.25, 0.3) is 0 Å². The first-order valence-electron chi connectivity index (χ1n) is 9.85. The molecule has 1 aromatic carbocycles. The fourth-order valence-electron chi connectivity index (χ4n) is 2.99. The van der Waals surface area contributed by atoms with E-state index in [-0.39, 0.29) is 16.6 Å². The van der Waals surface area contributed by atoms with Crippen LogP contribution in [0, 0.1) is 25.2 Å². The summed E-state index contributed by atoms with van der Waals surface area (Å²) in [5.41, 5.74) is 1.34. The zero-order valence-corrected chi connectivity index (χ0v) is 20.6. The number of anilines is 1. The molecule has 0 bridgehead atoms. The number of hydrogen-bond donors (Lipinski definition) is 1. The van der Waals surface area contributed by atoms with Gasteiger partial charge in [0.2, 0.25) is 5.91 Å². The van der Waals surface area contributed by atoms with Gasteiger partial charge in [0, 0.05) is 11.4 Å². The van der Waals surface area contributed by atoms with E-state index in [1.807, 2.05) is 20.8 Å². The van der Waals surface area contributed by atoms with Gasteiger partial charge in [0.1, 0.15) is 22.6 Å². The van der Waals surface area contributed by atoms with Crippen molar-refractivity contribution < 1.29 is 13.2 Å². The molecule has 1 atom stereocenters. The highest BCUT2D eigenvalue weighted by Gasteiger charge is 2.24. The number of nitriles is 1. The van der Waals surface area contributed by atoms with Gasteiger partial charge in [-0.3, -0.25) is 4.79 Å². The predicted octanol–water partition coefficient (Wildman–Crippen LogP) is 3.94. The quantitative estimate of drug-likeness (QED) is 0.476. The Morgan fingerprint density at radius 3 is 2.59 bits per heavy atom. The first kappa shape index (κ1) is 24.0. The second kappa shape index (κ2) is 9.85. The second-order valence-corrected chi connectivity index (χ2v) is 11.6. The lowest BCUT2D eigenvalue weighted by molar-refractivity contribution is -0.115. The van der Waals surface area contributed by atoms with E-state index in [0.717, 1.165) is 10.4 Å². The highest BCUT2D eigenvalue weighted by atomic mass is 32.2. The molecule has 0 saturated carbocycles. The standard InChI is InChI=1S/C21H23N5O3S3/c1-5-26-18(12-32(28,29)16-9-7-6-8-10-16)24-25-21(26)31-15(4)19(27)23-20-17(11-22)13(2)14(3)30-20/h6-10,15H,5,12H2,1-4H3,(H,23,27). The summed E-state index contributed by atoms with van der Waals surface area (Å²) in [5, 5.41) is 20.9. The molecule has 2 heterocycles. The van der Waals surface area contributed by atoms with E-state index in [4.69, 9.17) is 0 Å². The average Bonchev–Trinajstić information content (AvgIpc) is 3.26. The SMILES string of the molecule is CCn1c(CS(=O)(=O)c2ccccc2)nnc1SC(C)C(=O)Nc1sc(C)c(C)c1C#N. The molecule has 0 aliphatic rings. The summed E-state index contributed by atoms with van der Waals surface area (Å²) in [7, 11) is -3.57. The van der Waals surface area contributed by atoms with Crippen molar-refractivity contribution in [2.75, 3.05) is 5.32 Å². The number of hydrogen-bond acceptors (Lipinski definition) is 8. The lowest BCUT2D eigenvalue weighted by atomic mass is 10.2. The van der Waals surface area contributed by atoms with E-state index >= 15 is 0 Å². The number of carbonyl (C=O) groups is 1. The first-order chi connectivity index (χ1) is 15.2. The molecule has 2 aromatic heterocycles. The van der Waals surface area contributed by atoms with E-state index in [2.05, 4.69) is 21.6 Å². The van der Waals surface area contributed by atoms with Crippen LogP contribution in [0.3, 0.4) is 0 Å². The van der Waals surface area contributed by atoms with Crippen molar-refractivity contribution in [2.45, 2.75) is 55.3 Å². The van der Waals surface area contributed by atoms with Gasteiger partial charge in [0.05, 0.1) is 15.7 Å². The van der Waals surface area contributed by atoms with E-state index < -0.39 is 15.1 Å². The normalized spacial score (nSPS) is 12.3. The molecule has 0 aliphatic carbocycles. The van der Waals surface area contributed by atoms with Gasteiger partial charge in [-0.15, -0.1) is 21.5 Å². The van der Waals surface area contributed by atoms with Crippen molar-refractivity contribution in [3.8, 4) is 6.07 Å². The molecular formula is C21H23N5O3S3. The summed E-state index contributed by atoms with van der Waals surface area (Å²) in [6.07, 6.45) is 0. The Labute approximate surface area is 195 Å². The maximum atomic E-state index is 12.7. The molecule has 3 aromatic rings. The van der Waals surface area contributed by atoms with E-state index in [1.54, 1.807) is 41.8 Å². The van der Waals surface area contributed by atoms with E-state index in [0.29, 0.717) is 28.1 Å². The number of carbonyl (C=O) groups excluding carboxylic acids is 1. The lowest BCUT2D eigenvalue weighted by Gasteiger charge is -2.12. The summed E-state index contributed by atoms with van der Waals surface area (Å²) in [4.78, 5) is 13.9. The maximum absolute atomic E-state index is 12.7. The molecule has 168 valence electrons. The maximum Gasteiger partial charge on any atom is 0.238 e. The van der Waals surface area contributed by atoms with Crippen LogP contribution in [-0.2, 0) is 26.9 Å². The van der Waals surface area contributed by atoms with Crippen LogP contribution < -0.4 is 5.32 Å². The number of nitrogens with zero attached hydrogens (tertiary/aromatic N) is 4. The van der Waals surface area contributed by atoms with Crippen molar-refractivity contribution in [3.63, 3.8) is 0 Å². The molecule has 1 amide bonds. The minimum Gasteiger partial charge on any atom is -0.316 e. The largest absolute Gasteiger partial charge is 0.316 e. The number of sulfone groups is 1. The molecule has 3 rings (SSSR count). The summed E-state index contributed by atoms with van der Waals surface area (Å²) in [5.74, 6) is -0.224. The predicted molar refractivity (Wildman–Crippen MR) is 125 cm³/mol. The molecule has 0 radical (unpaired) electrons.